The lowest BCUT2D eigenvalue weighted by Gasteiger charge is -2.19. The van der Waals surface area contributed by atoms with Crippen molar-refractivity contribution in [3.8, 4) is 5.75 Å². The van der Waals surface area contributed by atoms with E-state index in [4.69, 9.17) is 21.1 Å². The number of sulfone groups is 1. The van der Waals surface area contributed by atoms with Gasteiger partial charge in [0.1, 0.15) is 16.4 Å². The van der Waals surface area contributed by atoms with Crippen molar-refractivity contribution in [1.29, 1.82) is 0 Å². The van der Waals surface area contributed by atoms with Gasteiger partial charge in [0.25, 0.3) is 0 Å². The van der Waals surface area contributed by atoms with Crippen LogP contribution in [0.1, 0.15) is 34.6 Å². The highest BCUT2D eigenvalue weighted by molar-refractivity contribution is 7.92. The summed E-state index contributed by atoms with van der Waals surface area (Å²) in [6.07, 6.45) is 4.24. The maximum Gasteiger partial charge on any atom is 0.418 e. The van der Waals surface area contributed by atoms with Crippen LogP contribution in [0.15, 0.2) is 59.9 Å². The fourth-order valence-electron chi connectivity index (χ4n) is 3.69. The second kappa shape index (κ2) is 10.7. The van der Waals surface area contributed by atoms with Crippen molar-refractivity contribution in [3.05, 3.63) is 60.0 Å². The number of hydrogen-bond acceptors (Lipinski definition) is 9. The first-order chi connectivity index (χ1) is 18.3. The third kappa shape index (κ3) is 6.26. The first-order valence-electron chi connectivity index (χ1n) is 12.1. The maximum atomic E-state index is 12.9. The topological polar surface area (TPSA) is 124 Å². The Kier molecular flexibility index (Phi) is 7.76. The summed E-state index contributed by atoms with van der Waals surface area (Å²) in [4.78, 5) is 21.4. The Morgan fingerprint density at radius 3 is 2.36 bits per heavy atom. The van der Waals surface area contributed by atoms with Gasteiger partial charge in [-0.2, -0.15) is 4.98 Å². The molecule has 0 aliphatic carbocycles. The monoisotopic (exact) mass is 571 g/mol. The summed E-state index contributed by atoms with van der Waals surface area (Å²) in [5.74, 6) is 0.901. The average Bonchev–Trinajstić information content (AvgIpc) is 3.28. The third-order valence-corrected chi connectivity index (χ3v) is 8.11. The molecule has 10 nitrogen and oxygen atoms in total. The largest absolute Gasteiger partial charge is 0.495 e. The van der Waals surface area contributed by atoms with E-state index in [1.165, 1.54) is 23.9 Å². The Morgan fingerprint density at radius 2 is 1.72 bits per heavy atom. The minimum absolute atomic E-state index is 0.144. The van der Waals surface area contributed by atoms with Crippen molar-refractivity contribution < 1.29 is 22.7 Å². The van der Waals surface area contributed by atoms with E-state index in [-0.39, 0.29) is 21.7 Å². The molecule has 0 radical (unpaired) electrons. The predicted octanol–water partition coefficient (Wildman–Crippen LogP) is 6.55. The van der Waals surface area contributed by atoms with Gasteiger partial charge < -0.3 is 20.1 Å². The molecule has 2 heterocycles. The normalized spacial score (nSPS) is 12.0. The van der Waals surface area contributed by atoms with Crippen molar-refractivity contribution in [2.75, 3.05) is 17.7 Å². The van der Waals surface area contributed by atoms with E-state index in [0.717, 1.165) is 10.8 Å². The Balaban J connectivity index is 1.66. The average molecular weight is 572 g/mol. The summed E-state index contributed by atoms with van der Waals surface area (Å²) >= 11 is 6.36. The van der Waals surface area contributed by atoms with Gasteiger partial charge in [-0.05, 0) is 58.9 Å². The second-order valence-electron chi connectivity index (χ2n) is 10.1. The number of ether oxygens (including phenoxy) is 2. The number of aromatic nitrogens is 3. The molecule has 2 N–H and O–H groups in total. The summed E-state index contributed by atoms with van der Waals surface area (Å²) in [7, 11) is -2.03. The van der Waals surface area contributed by atoms with Gasteiger partial charge in [0.05, 0.1) is 34.8 Å². The van der Waals surface area contributed by atoms with Crippen LogP contribution >= 0.6 is 11.6 Å². The SMILES string of the molecule is COc1cc2cn(C(=O)OC(C)(C)C)cc2cc1Nc1ncc(Cl)c(Nc2ccccc2S(=O)(=O)C(C)C)n1. The van der Waals surface area contributed by atoms with Crippen LogP contribution < -0.4 is 15.4 Å². The Morgan fingerprint density at radius 1 is 1.05 bits per heavy atom. The number of fused-ring (bicyclic) bond motifs is 1. The van der Waals surface area contributed by atoms with Gasteiger partial charge >= 0.3 is 6.09 Å². The molecule has 2 aromatic heterocycles. The van der Waals surface area contributed by atoms with Gasteiger partial charge in [0.2, 0.25) is 5.95 Å². The highest BCUT2D eigenvalue weighted by atomic mass is 35.5. The van der Waals surface area contributed by atoms with Gasteiger partial charge in [-0.3, -0.25) is 4.57 Å². The van der Waals surface area contributed by atoms with Crippen LogP contribution in [0, 0.1) is 0 Å². The summed E-state index contributed by atoms with van der Waals surface area (Å²) < 4.78 is 38.1. The van der Waals surface area contributed by atoms with Gasteiger partial charge in [-0.25, -0.2) is 18.2 Å². The molecule has 0 saturated heterocycles. The fourth-order valence-corrected chi connectivity index (χ4v) is 5.03. The smallest absolute Gasteiger partial charge is 0.418 e. The maximum absolute atomic E-state index is 12.9. The number of anilines is 4. The molecule has 0 amide bonds. The highest BCUT2D eigenvalue weighted by Crippen LogP contribution is 2.34. The third-order valence-electron chi connectivity index (χ3n) is 5.62. The number of para-hydroxylation sites is 1. The van der Waals surface area contributed by atoms with Crippen molar-refractivity contribution in [2.45, 2.75) is 50.4 Å². The van der Waals surface area contributed by atoms with Crippen LogP contribution in [-0.4, -0.2) is 47.0 Å². The molecule has 0 atom stereocenters. The van der Waals surface area contributed by atoms with Crippen LogP contribution in [0.2, 0.25) is 5.02 Å². The fraction of sp³-hybridized carbons (Fsp3) is 0.296. The van der Waals surface area contributed by atoms with Crippen molar-refractivity contribution in [2.24, 2.45) is 0 Å². The molecule has 2 aromatic carbocycles. The minimum atomic E-state index is -3.56. The number of nitrogens with zero attached hydrogens (tertiary/aromatic N) is 3. The van der Waals surface area contributed by atoms with Gasteiger partial charge in [0.15, 0.2) is 15.7 Å². The number of benzene rings is 2. The molecule has 4 rings (SSSR count). The minimum Gasteiger partial charge on any atom is -0.495 e. The molecule has 0 aliphatic rings. The number of nitrogens with one attached hydrogen (secondary N) is 2. The Labute approximate surface area is 232 Å². The van der Waals surface area contributed by atoms with E-state index in [1.807, 2.05) is 0 Å². The molecule has 12 heteroatoms. The zero-order chi connectivity index (χ0) is 28.5. The van der Waals surface area contributed by atoms with Crippen LogP contribution in [0.5, 0.6) is 5.75 Å². The van der Waals surface area contributed by atoms with E-state index >= 15 is 0 Å². The lowest BCUT2D eigenvalue weighted by Crippen LogP contribution is -2.26. The van der Waals surface area contributed by atoms with E-state index in [2.05, 4.69) is 20.6 Å². The number of carbonyl (C=O) groups excluding carboxylic acids is 1. The second-order valence-corrected chi connectivity index (χ2v) is 12.9. The van der Waals surface area contributed by atoms with Crippen molar-refractivity contribution >= 4 is 61.4 Å². The molecule has 39 heavy (non-hydrogen) atoms. The zero-order valence-corrected chi connectivity index (χ0v) is 24.0. The Hall–Kier alpha value is -3.83. The quantitative estimate of drug-likeness (QED) is 0.254. The molecule has 0 bridgehead atoms. The molecule has 0 aliphatic heterocycles. The van der Waals surface area contributed by atoms with Gasteiger partial charge in [0, 0.05) is 23.2 Å². The number of rotatable bonds is 7. The number of methoxy groups -OCH3 is 1. The highest BCUT2D eigenvalue weighted by Gasteiger charge is 2.23. The van der Waals surface area contributed by atoms with E-state index in [0.29, 0.717) is 17.1 Å². The first-order valence-corrected chi connectivity index (χ1v) is 14.0. The van der Waals surface area contributed by atoms with Crippen LogP contribution in [0.3, 0.4) is 0 Å². The Bertz CT molecular complexity index is 1640. The van der Waals surface area contributed by atoms with Crippen molar-refractivity contribution in [3.63, 3.8) is 0 Å². The van der Waals surface area contributed by atoms with E-state index in [1.54, 1.807) is 77.3 Å². The van der Waals surface area contributed by atoms with Crippen LogP contribution in [-0.2, 0) is 14.6 Å². The van der Waals surface area contributed by atoms with E-state index in [9.17, 15) is 13.2 Å². The molecular formula is C27H30ClN5O5S. The van der Waals surface area contributed by atoms with Gasteiger partial charge in [-0.1, -0.05) is 23.7 Å². The van der Waals surface area contributed by atoms with Crippen molar-refractivity contribution in [1.82, 2.24) is 14.5 Å². The molecule has 0 spiro atoms. The lowest BCUT2D eigenvalue weighted by molar-refractivity contribution is 0.0538. The molecule has 206 valence electrons. The molecule has 4 aromatic rings. The molecular weight excluding hydrogens is 542 g/mol. The summed E-state index contributed by atoms with van der Waals surface area (Å²) in [5.41, 5.74) is 0.262. The number of carbonyl (C=O) groups is 1. The molecule has 0 unspecified atom stereocenters. The summed E-state index contributed by atoms with van der Waals surface area (Å²) in [5, 5.41) is 7.27. The summed E-state index contributed by atoms with van der Waals surface area (Å²) in [6, 6.07) is 10.1. The summed E-state index contributed by atoms with van der Waals surface area (Å²) in [6.45, 7) is 8.65. The standard InChI is InChI=1S/C27H30ClN5O5S/c1-16(2)39(35,36)23-10-8-7-9-20(23)30-24-19(28)13-29-25(32-24)31-21-11-17-14-33(26(34)38-27(3,4)5)15-18(17)12-22(21)37-6/h7-16H,1-6H3,(H2,29,30,31,32). The van der Waals surface area contributed by atoms with E-state index < -0.39 is 26.8 Å². The number of halogens is 1. The number of hydrogen-bond donors (Lipinski definition) is 2. The lowest BCUT2D eigenvalue weighted by atomic mass is 10.2. The zero-order valence-electron chi connectivity index (χ0n) is 22.4. The predicted molar refractivity (Wildman–Crippen MR) is 152 cm³/mol. The molecule has 0 saturated carbocycles. The first kappa shape index (κ1) is 28.2. The van der Waals surface area contributed by atoms with Crippen LogP contribution in [0.25, 0.3) is 10.8 Å². The van der Waals surface area contributed by atoms with Gasteiger partial charge in [-0.15, -0.1) is 0 Å². The molecule has 0 fully saturated rings. The van der Waals surface area contributed by atoms with Crippen LogP contribution in [0.4, 0.5) is 27.9 Å².